The molecule has 0 atom stereocenters. The first-order valence-electron chi connectivity index (χ1n) is 17.2. The number of hydrogen-bond donors (Lipinski definition) is 4. The second-order valence-corrected chi connectivity index (χ2v) is 12.9. The second-order valence-electron chi connectivity index (χ2n) is 12.9. The molecule has 0 bridgehead atoms. The standard InChI is InChI=1S/C44H28N6O6/c45-37-25(19-31(49-43(55)23-11-3-1-4-12-23)33-35(37)41(53)29-17-9-7-15-27(29)39(33)51)21-47-48-22-26-20-32(50-44(56)24-13-5-2-6-14-24)34-36(38(26)46)42(54)30-18-10-8-16-28(30)40(34)52/h1-22H,45-46H2,(H,49,55)(H,50,56). The fraction of sp³-hybridized carbons (Fsp3) is 0. The van der Waals surface area contributed by atoms with Crippen molar-refractivity contribution in [2.45, 2.75) is 0 Å². The molecule has 0 aliphatic heterocycles. The smallest absolute Gasteiger partial charge is 0.255 e. The van der Waals surface area contributed by atoms with Crippen LogP contribution in [0.15, 0.2) is 132 Å². The molecule has 2 aliphatic carbocycles. The van der Waals surface area contributed by atoms with E-state index in [9.17, 15) is 28.8 Å². The molecular formula is C44H28N6O6. The van der Waals surface area contributed by atoms with Gasteiger partial charge in [-0.25, -0.2) is 0 Å². The van der Waals surface area contributed by atoms with Gasteiger partial charge in [0.15, 0.2) is 23.1 Å². The zero-order valence-electron chi connectivity index (χ0n) is 29.2. The molecule has 56 heavy (non-hydrogen) atoms. The molecule has 0 saturated carbocycles. The highest BCUT2D eigenvalue weighted by molar-refractivity contribution is 6.34. The monoisotopic (exact) mass is 736 g/mol. The zero-order valence-corrected chi connectivity index (χ0v) is 29.2. The van der Waals surface area contributed by atoms with Crippen molar-refractivity contribution in [1.29, 1.82) is 0 Å². The summed E-state index contributed by atoms with van der Waals surface area (Å²) in [5.41, 5.74) is 14.4. The van der Waals surface area contributed by atoms with Crippen molar-refractivity contribution in [3.05, 3.63) is 188 Å². The van der Waals surface area contributed by atoms with Gasteiger partial charge in [0.1, 0.15) is 0 Å². The molecule has 0 heterocycles. The topological polar surface area (TPSA) is 203 Å². The van der Waals surface area contributed by atoms with Crippen LogP contribution in [0.4, 0.5) is 22.7 Å². The summed E-state index contributed by atoms with van der Waals surface area (Å²) in [4.78, 5) is 81.8. The summed E-state index contributed by atoms with van der Waals surface area (Å²) in [5.74, 6) is -3.03. The number of nitrogens with two attached hydrogens (primary N) is 2. The van der Waals surface area contributed by atoms with Crippen LogP contribution in [0.1, 0.15) is 95.5 Å². The van der Waals surface area contributed by atoms with Gasteiger partial charge in [-0.1, -0.05) is 84.9 Å². The average molecular weight is 737 g/mol. The largest absolute Gasteiger partial charge is 0.398 e. The minimum absolute atomic E-state index is 0.0440. The molecule has 0 spiro atoms. The molecule has 2 amide bonds. The maximum Gasteiger partial charge on any atom is 0.255 e. The molecule has 270 valence electrons. The van der Waals surface area contributed by atoms with Gasteiger partial charge in [0.05, 0.1) is 57.4 Å². The summed E-state index contributed by atoms with van der Waals surface area (Å²) in [6.07, 6.45) is 2.47. The Morgan fingerprint density at radius 3 is 1.09 bits per heavy atom. The Kier molecular flexibility index (Phi) is 8.75. The number of carbonyl (C=O) groups is 6. The van der Waals surface area contributed by atoms with E-state index in [2.05, 4.69) is 20.8 Å². The molecular weight excluding hydrogens is 709 g/mol. The molecule has 8 rings (SSSR count). The Labute approximate surface area is 318 Å². The van der Waals surface area contributed by atoms with Crippen LogP contribution >= 0.6 is 0 Å². The van der Waals surface area contributed by atoms with E-state index >= 15 is 0 Å². The third-order valence-electron chi connectivity index (χ3n) is 9.57. The van der Waals surface area contributed by atoms with E-state index in [0.717, 1.165) is 0 Å². The van der Waals surface area contributed by atoms with Gasteiger partial charge in [-0.3, -0.25) is 28.8 Å². The molecule has 0 saturated heterocycles. The number of amides is 2. The Balaban J connectivity index is 1.19. The highest BCUT2D eigenvalue weighted by Gasteiger charge is 2.36. The molecule has 6 aromatic carbocycles. The summed E-state index contributed by atoms with van der Waals surface area (Å²) >= 11 is 0. The van der Waals surface area contributed by atoms with Crippen molar-refractivity contribution >= 4 is 70.1 Å². The summed E-state index contributed by atoms with van der Waals surface area (Å²) in [5, 5.41) is 13.8. The fourth-order valence-electron chi connectivity index (χ4n) is 6.85. The number of nitrogens with one attached hydrogen (secondary N) is 2. The SMILES string of the molecule is Nc1c(C=NN=Cc2cc(NC(=O)c3ccccc3)c3c(c2N)C(=O)c2ccccc2C3=O)cc(NC(=O)c2ccccc2)c2c1C(=O)c1ccccc1C2=O. The maximum atomic E-state index is 13.8. The molecule has 0 radical (unpaired) electrons. The highest BCUT2D eigenvalue weighted by Crippen LogP contribution is 2.39. The van der Waals surface area contributed by atoms with E-state index in [0.29, 0.717) is 11.1 Å². The van der Waals surface area contributed by atoms with Crippen molar-refractivity contribution in [2.75, 3.05) is 22.1 Å². The van der Waals surface area contributed by atoms with E-state index in [1.807, 2.05) is 0 Å². The molecule has 2 aliphatic rings. The van der Waals surface area contributed by atoms with Crippen LogP contribution in [-0.4, -0.2) is 47.4 Å². The van der Waals surface area contributed by atoms with Gasteiger partial charge in [0, 0.05) is 44.5 Å². The van der Waals surface area contributed by atoms with E-state index in [4.69, 9.17) is 11.5 Å². The number of carbonyl (C=O) groups excluding carboxylic acids is 6. The van der Waals surface area contributed by atoms with Crippen LogP contribution in [0.5, 0.6) is 0 Å². The molecule has 0 unspecified atom stereocenters. The first-order chi connectivity index (χ1) is 27.1. The first-order valence-corrected chi connectivity index (χ1v) is 17.2. The molecule has 12 heteroatoms. The van der Waals surface area contributed by atoms with Crippen LogP contribution in [-0.2, 0) is 0 Å². The van der Waals surface area contributed by atoms with Gasteiger partial charge < -0.3 is 22.1 Å². The van der Waals surface area contributed by atoms with E-state index < -0.39 is 34.9 Å². The van der Waals surface area contributed by atoms with Crippen molar-refractivity contribution in [2.24, 2.45) is 10.2 Å². The van der Waals surface area contributed by atoms with Gasteiger partial charge >= 0.3 is 0 Å². The Morgan fingerprint density at radius 1 is 0.446 bits per heavy atom. The minimum Gasteiger partial charge on any atom is -0.398 e. The van der Waals surface area contributed by atoms with Crippen LogP contribution in [0.3, 0.4) is 0 Å². The highest BCUT2D eigenvalue weighted by atomic mass is 16.2. The van der Waals surface area contributed by atoms with Crippen LogP contribution in [0.2, 0.25) is 0 Å². The number of nitrogens with zero attached hydrogens (tertiary/aromatic N) is 2. The first kappa shape index (κ1) is 34.9. The van der Waals surface area contributed by atoms with Crippen molar-refractivity contribution in [3.8, 4) is 0 Å². The minimum atomic E-state index is -0.522. The van der Waals surface area contributed by atoms with Gasteiger partial charge in [-0.2, -0.15) is 10.2 Å². The number of benzene rings is 6. The van der Waals surface area contributed by atoms with Gasteiger partial charge in [0.25, 0.3) is 11.8 Å². The summed E-state index contributed by atoms with van der Waals surface area (Å²) in [6, 6.07) is 32.2. The molecule has 0 fully saturated rings. The number of anilines is 4. The second kappa shape index (κ2) is 14.0. The third kappa shape index (κ3) is 5.93. The lowest BCUT2D eigenvalue weighted by Gasteiger charge is -2.23. The van der Waals surface area contributed by atoms with Crippen molar-refractivity contribution in [3.63, 3.8) is 0 Å². The number of fused-ring (bicyclic) bond motifs is 4. The van der Waals surface area contributed by atoms with Crippen molar-refractivity contribution in [1.82, 2.24) is 0 Å². The fourth-order valence-corrected chi connectivity index (χ4v) is 6.85. The van der Waals surface area contributed by atoms with Crippen molar-refractivity contribution < 1.29 is 28.8 Å². The summed E-state index contributed by atoms with van der Waals surface area (Å²) in [7, 11) is 0. The maximum absolute atomic E-state index is 13.8. The number of hydrogen-bond acceptors (Lipinski definition) is 10. The van der Waals surface area contributed by atoms with Gasteiger partial charge in [-0.15, -0.1) is 0 Å². The third-order valence-corrected chi connectivity index (χ3v) is 9.57. The predicted octanol–water partition coefficient (Wildman–Crippen LogP) is 6.36. The normalized spacial score (nSPS) is 12.9. The van der Waals surface area contributed by atoms with E-state index in [-0.39, 0.29) is 78.4 Å². The van der Waals surface area contributed by atoms with Gasteiger partial charge in [0.2, 0.25) is 0 Å². The zero-order chi connectivity index (χ0) is 39.1. The molecule has 6 N–H and O–H groups in total. The Hall–Kier alpha value is -8.12. The Bertz CT molecular complexity index is 2580. The van der Waals surface area contributed by atoms with Crippen LogP contribution in [0, 0.1) is 0 Å². The van der Waals surface area contributed by atoms with Gasteiger partial charge in [-0.05, 0) is 36.4 Å². The molecule has 6 aromatic rings. The molecule has 0 aromatic heterocycles. The average Bonchev–Trinajstić information content (AvgIpc) is 3.22. The lowest BCUT2D eigenvalue weighted by molar-refractivity contribution is 0.0979. The van der Waals surface area contributed by atoms with E-state index in [1.54, 1.807) is 84.9 Å². The Morgan fingerprint density at radius 2 is 0.750 bits per heavy atom. The summed E-state index contributed by atoms with van der Waals surface area (Å²) in [6.45, 7) is 0. The van der Waals surface area contributed by atoms with Crippen LogP contribution in [0.25, 0.3) is 0 Å². The lowest BCUT2D eigenvalue weighted by atomic mass is 9.81. The van der Waals surface area contributed by atoms with Crippen LogP contribution < -0.4 is 22.1 Å². The number of ketones is 4. The number of nitrogen functional groups attached to an aromatic ring is 2. The quantitative estimate of drug-likeness (QED) is 0.0822. The predicted molar refractivity (Wildman–Crippen MR) is 212 cm³/mol. The lowest BCUT2D eigenvalue weighted by Crippen LogP contribution is -2.26. The van der Waals surface area contributed by atoms with E-state index in [1.165, 1.54) is 48.8 Å². The molecule has 12 nitrogen and oxygen atoms in total. The summed E-state index contributed by atoms with van der Waals surface area (Å²) < 4.78 is 0. The number of rotatable bonds is 7.